The number of hydrogen-bond acceptors (Lipinski definition) is 5. The molecule has 1 aromatic heterocycles. The zero-order valence-corrected chi connectivity index (χ0v) is 15.1. The summed E-state index contributed by atoms with van der Waals surface area (Å²) in [4.78, 5) is 20.6. The third-order valence-electron chi connectivity index (χ3n) is 4.45. The predicted molar refractivity (Wildman–Crippen MR) is 102 cm³/mol. The lowest BCUT2D eigenvalue weighted by Gasteiger charge is -2.35. The van der Waals surface area contributed by atoms with Crippen molar-refractivity contribution in [1.29, 1.82) is 0 Å². The normalized spacial score (nSPS) is 14.5. The first-order chi connectivity index (χ1) is 12.7. The zero-order valence-electron chi connectivity index (χ0n) is 15.1. The van der Waals surface area contributed by atoms with Gasteiger partial charge in [0.15, 0.2) is 11.5 Å². The molecule has 0 spiro atoms. The highest BCUT2D eigenvalue weighted by Gasteiger charge is 2.19. The molecule has 2 aromatic rings. The Balaban J connectivity index is 1.58. The fourth-order valence-corrected chi connectivity index (χ4v) is 2.97. The molecule has 1 amide bonds. The Bertz CT molecular complexity index is 769. The second-order valence-corrected chi connectivity index (χ2v) is 5.97. The number of benzene rings is 1. The van der Waals surface area contributed by atoms with Gasteiger partial charge in [0, 0.05) is 50.3 Å². The minimum Gasteiger partial charge on any atom is -0.493 e. The van der Waals surface area contributed by atoms with Crippen LogP contribution in [0.1, 0.15) is 5.56 Å². The molecule has 0 radical (unpaired) electrons. The van der Waals surface area contributed by atoms with E-state index in [0.29, 0.717) is 24.6 Å². The minimum absolute atomic E-state index is 0.0224. The maximum Gasteiger partial charge on any atom is 0.246 e. The number of carbonyl (C=O) groups excluding carboxylic acids is 1. The minimum atomic E-state index is 0.0224. The number of pyridine rings is 1. The molecular weight excluding hydrogens is 330 g/mol. The Morgan fingerprint density at radius 1 is 1.00 bits per heavy atom. The number of methoxy groups -OCH3 is 2. The van der Waals surface area contributed by atoms with E-state index in [2.05, 4.69) is 9.88 Å². The number of carbonyl (C=O) groups is 1. The molecule has 26 heavy (non-hydrogen) atoms. The third kappa shape index (κ3) is 4.14. The molecule has 136 valence electrons. The van der Waals surface area contributed by atoms with Crippen molar-refractivity contribution in [3.8, 4) is 11.5 Å². The Labute approximate surface area is 153 Å². The van der Waals surface area contributed by atoms with Gasteiger partial charge < -0.3 is 19.3 Å². The summed E-state index contributed by atoms with van der Waals surface area (Å²) in [5, 5.41) is 0. The van der Waals surface area contributed by atoms with Crippen LogP contribution in [0, 0.1) is 0 Å². The molecule has 0 aliphatic carbocycles. The summed E-state index contributed by atoms with van der Waals surface area (Å²) in [5.74, 6) is 1.34. The second kappa shape index (κ2) is 8.38. The summed E-state index contributed by atoms with van der Waals surface area (Å²) in [6.45, 7) is 3.05. The zero-order chi connectivity index (χ0) is 18.4. The van der Waals surface area contributed by atoms with Gasteiger partial charge in [0.2, 0.25) is 5.91 Å². The molecule has 3 rings (SSSR count). The number of nitrogens with zero attached hydrogens (tertiary/aromatic N) is 3. The monoisotopic (exact) mass is 353 g/mol. The first-order valence-electron chi connectivity index (χ1n) is 8.55. The lowest BCUT2D eigenvalue weighted by molar-refractivity contribution is -0.126. The van der Waals surface area contributed by atoms with E-state index in [1.165, 1.54) is 0 Å². The molecule has 0 atom stereocenters. The van der Waals surface area contributed by atoms with Gasteiger partial charge >= 0.3 is 0 Å². The van der Waals surface area contributed by atoms with Gasteiger partial charge in [-0.05, 0) is 35.9 Å². The summed E-state index contributed by atoms with van der Waals surface area (Å²) < 4.78 is 10.5. The molecule has 2 heterocycles. The van der Waals surface area contributed by atoms with Crippen molar-refractivity contribution in [1.82, 2.24) is 9.88 Å². The Morgan fingerprint density at radius 2 is 1.69 bits per heavy atom. The standard InChI is InChI=1S/C20H23N3O3/c1-25-18-5-3-16(15-19(18)26-2)4-6-20(24)23-13-11-22(12-14-23)17-7-9-21-10-8-17/h3-10,15H,11-14H2,1-2H3/b6-4+. The number of aromatic nitrogens is 1. The van der Waals surface area contributed by atoms with Crippen molar-refractivity contribution in [3.05, 3.63) is 54.4 Å². The number of amides is 1. The molecule has 0 N–H and O–H groups in total. The maximum atomic E-state index is 12.4. The summed E-state index contributed by atoms with van der Waals surface area (Å²) in [5.41, 5.74) is 2.04. The average Bonchev–Trinajstić information content (AvgIpc) is 2.72. The van der Waals surface area contributed by atoms with Gasteiger partial charge in [-0.15, -0.1) is 0 Å². The van der Waals surface area contributed by atoms with Gasteiger partial charge in [-0.25, -0.2) is 0 Å². The van der Waals surface area contributed by atoms with Crippen molar-refractivity contribution < 1.29 is 14.3 Å². The van der Waals surface area contributed by atoms with Crippen LogP contribution in [0.25, 0.3) is 6.08 Å². The quantitative estimate of drug-likeness (QED) is 0.773. The van der Waals surface area contributed by atoms with Crippen molar-refractivity contribution in [2.45, 2.75) is 0 Å². The molecule has 1 aliphatic rings. The fraction of sp³-hybridized carbons (Fsp3) is 0.300. The molecule has 1 aromatic carbocycles. The van der Waals surface area contributed by atoms with Crippen LogP contribution in [0.2, 0.25) is 0 Å². The number of ether oxygens (including phenoxy) is 2. The summed E-state index contributed by atoms with van der Waals surface area (Å²) in [7, 11) is 3.20. The molecule has 1 saturated heterocycles. The van der Waals surface area contributed by atoms with E-state index in [0.717, 1.165) is 24.3 Å². The lowest BCUT2D eigenvalue weighted by Crippen LogP contribution is -2.48. The number of hydrogen-bond donors (Lipinski definition) is 0. The molecular formula is C20H23N3O3. The van der Waals surface area contributed by atoms with E-state index >= 15 is 0 Å². The smallest absolute Gasteiger partial charge is 0.246 e. The SMILES string of the molecule is COc1ccc(/C=C/C(=O)N2CCN(c3ccncc3)CC2)cc1OC. The molecule has 6 heteroatoms. The van der Waals surface area contributed by atoms with Crippen LogP contribution in [-0.2, 0) is 4.79 Å². The van der Waals surface area contributed by atoms with E-state index in [-0.39, 0.29) is 5.91 Å². The molecule has 1 fully saturated rings. The number of anilines is 1. The Hall–Kier alpha value is -3.02. The fourth-order valence-electron chi connectivity index (χ4n) is 2.97. The van der Waals surface area contributed by atoms with Crippen LogP contribution in [0.15, 0.2) is 48.8 Å². The largest absolute Gasteiger partial charge is 0.493 e. The summed E-state index contributed by atoms with van der Waals surface area (Å²) in [6, 6.07) is 9.57. The van der Waals surface area contributed by atoms with Crippen LogP contribution in [0.5, 0.6) is 11.5 Å². The molecule has 0 bridgehead atoms. The van der Waals surface area contributed by atoms with Crippen LogP contribution in [0.3, 0.4) is 0 Å². The van der Waals surface area contributed by atoms with Gasteiger partial charge in [0.05, 0.1) is 14.2 Å². The Kier molecular flexibility index (Phi) is 5.73. The van der Waals surface area contributed by atoms with Crippen molar-refractivity contribution in [2.75, 3.05) is 45.3 Å². The maximum absolute atomic E-state index is 12.4. The highest BCUT2D eigenvalue weighted by molar-refractivity contribution is 5.92. The van der Waals surface area contributed by atoms with Crippen LogP contribution >= 0.6 is 0 Å². The van der Waals surface area contributed by atoms with Crippen molar-refractivity contribution in [3.63, 3.8) is 0 Å². The Morgan fingerprint density at radius 3 is 2.35 bits per heavy atom. The van der Waals surface area contributed by atoms with Crippen LogP contribution in [-0.4, -0.2) is 56.2 Å². The number of rotatable bonds is 5. The van der Waals surface area contributed by atoms with E-state index in [4.69, 9.17) is 9.47 Å². The first kappa shape index (κ1) is 17.8. The van der Waals surface area contributed by atoms with E-state index in [9.17, 15) is 4.79 Å². The van der Waals surface area contributed by atoms with Crippen molar-refractivity contribution in [2.24, 2.45) is 0 Å². The topological polar surface area (TPSA) is 54.9 Å². The summed E-state index contributed by atoms with van der Waals surface area (Å²) in [6.07, 6.45) is 7.00. The average molecular weight is 353 g/mol. The van der Waals surface area contributed by atoms with Gasteiger partial charge in [-0.3, -0.25) is 9.78 Å². The van der Waals surface area contributed by atoms with Gasteiger partial charge in [-0.1, -0.05) is 6.07 Å². The van der Waals surface area contributed by atoms with E-state index in [1.807, 2.05) is 35.2 Å². The molecule has 1 aliphatic heterocycles. The van der Waals surface area contributed by atoms with Crippen LogP contribution < -0.4 is 14.4 Å². The van der Waals surface area contributed by atoms with Gasteiger partial charge in [0.25, 0.3) is 0 Å². The van der Waals surface area contributed by atoms with Crippen molar-refractivity contribution >= 4 is 17.7 Å². The highest BCUT2D eigenvalue weighted by Crippen LogP contribution is 2.28. The molecule has 0 unspecified atom stereocenters. The molecule has 0 saturated carbocycles. The third-order valence-corrected chi connectivity index (χ3v) is 4.45. The first-order valence-corrected chi connectivity index (χ1v) is 8.55. The van der Waals surface area contributed by atoms with E-state index in [1.54, 1.807) is 38.8 Å². The highest BCUT2D eigenvalue weighted by atomic mass is 16.5. The molecule has 6 nitrogen and oxygen atoms in total. The predicted octanol–water partition coefficient (Wildman–Crippen LogP) is 2.46. The summed E-state index contributed by atoms with van der Waals surface area (Å²) >= 11 is 0. The number of piperazine rings is 1. The van der Waals surface area contributed by atoms with Gasteiger partial charge in [-0.2, -0.15) is 0 Å². The van der Waals surface area contributed by atoms with Crippen LogP contribution in [0.4, 0.5) is 5.69 Å². The van der Waals surface area contributed by atoms with Gasteiger partial charge in [0.1, 0.15) is 0 Å². The second-order valence-electron chi connectivity index (χ2n) is 5.97. The van der Waals surface area contributed by atoms with E-state index < -0.39 is 0 Å². The lowest BCUT2D eigenvalue weighted by atomic mass is 10.2.